The van der Waals surface area contributed by atoms with Crippen LogP contribution in [0.1, 0.15) is 18.1 Å². The first kappa shape index (κ1) is 12.7. The second-order valence-electron chi connectivity index (χ2n) is 3.36. The highest BCUT2D eigenvalue weighted by Gasteiger charge is 2.10. The SMILES string of the molecule is C=CCC(OCOC)c1ccc(OC)cc1. The molecule has 16 heavy (non-hydrogen) atoms. The van der Waals surface area contributed by atoms with Crippen molar-refractivity contribution in [3.05, 3.63) is 42.5 Å². The van der Waals surface area contributed by atoms with Gasteiger partial charge in [0.15, 0.2) is 0 Å². The summed E-state index contributed by atoms with van der Waals surface area (Å²) in [4.78, 5) is 0. The molecule has 0 N–H and O–H groups in total. The molecule has 0 aromatic heterocycles. The maximum Gasteiger partial charge on any atom is 0.147 e. The predicted octanol–water partition coefficient (Wildman–Crippen LogP) is 2.93. The Balaban J connectivity index is 2.70. The summed E-state index contributed by atoms with van der Waals surface area (Å²) in [6, 6.07) is 7.81. The molecule has 0 bridgehead atoms. The molecule has 1 aromatic carbocycles. The Labute approximate surface area is 96.6 Å². The second kappa shape index (κ2) is 7.04. The van der Waals surface area contributed by atoms with E-state index in [9.17, 15) is 0 Å². The zero-order valence-corrected chi connectivity index (χ0v) is 9.81. The van der Waals surface area contributed by atoms with Crippen molar-refractivity contribution in [1.29, 1.82) is 0 Å². The molecule has 0 fully saturated rings. The highest BCUT2D eigenvalue weighted by Crippen LogP contribution is 2.23. The molecule has 0 saturated heterocycles. The Hall–Kier alpha value is -1.32. The number of methoxy groups -OCH3 is 2. The largest absolute Gasteiger partial charge is 0.497 e. The van der Waals surface area contributed by atoms with Crippen LogP contribution in [0, 0.1) is 0 Å². The number of hydrogen-bond donors (Lipinski definition) is 0. The number of hydrogen-bond acceptors (Lipinski definition) is 3. The van der Waals surface area contributed by atoms with Crippen molar-refractivity contribution in [3.63, 3.8) is 0 Å². The van der Waals surface area contributed by atoms with Gasteiger partial charge in [-0.1, -0.05) is 18.2 Å². The van der Waals surface area contributed by atoms with Crippen LogP contribution < -0.4 is 4.74 Å². The zero-order chi connectivity index (χ0) is 11.8. The minimum Gasteiger partial charge on any atom is -0.497 e. The van der Waals surface area contributed by atoms with Gasteiger partial charge in [0, 0.05) is 7.11 Å². The lowest BCUT2D eigenvalue weighted by Gasteiger charge is -2.16. The first-order valence-electron chi connectivity index (χ1n) is 5.17. The zero-order valence-electron chi connectivity index (χ0n) is 9.81. The molecule has 0 saturated carbocycles. The van der Waals surface area contributed by atoms with Crippen molar-refractivity contribution in [2.24, 2.45) is 0 Å². The molecule has 88 valence electrons. The summed E-state index contributed by atoms with van der Waals surface area (Å²) in [5.74, 6) is 0.841. The van der Waals surface area contributed by atoms with Crippen LogP contribution in [-0.2, 0) is 9.47 Å². The van der Waals surface area contributed by atoms with Gasteiger partial charge in [-0.15, -0.1) is 6.58 Å². The molecule has 1 aromatic rings. The maximum atomic E-state index is 5.56. The predicted molar refractivity (Wildman–Crippen MR) is 63.5 cm³/mol. The summed E-state index contributed by atoms with van der Waals surface area (Å²) in [5, 5.41) is 0. The van der Waals surface area contributed by atoms with Gasteiger partial charge < -0.3 is 14.2 Å². The molecule has 1 rings (SSSR count). The van der Waals surface area contributed by atoms with Crippen molar-refractivity contribution < 1.29 is 14.2 Å². The molecule has 0 aliphatic rings. The van der Waals surface area contributed by atoms with Crippen molar-refractivity contribution in [3.8, 4) is 5.75 Å². The van der Waals surface area contributed by atoms with Crippen molar-refractivity contribution in [2.75, 3.05) is 21.0 Å². The van der Waals surface area contributed by atoms with Crippen LogP contribution in [0.15, 0.2) is 36.9 Å². The average Bonchev–Trinajstić information content (AvgIpc) is 2.35. The van der Waals surface area contributed by atoms with E-state index in [0.717, 1.165) is 17.7 Å². The van der Waals surface area contributed by atoms with E-state index in [4.69, 9.17) is 14.2 Å². The summed E-state index contributed by atoms with van der Waals surface area (Å²) < 4.78 is 15.6. The number of benzene rings is 1. The summed E-state index contributed by atoms with van der Waals surface area (Å²) >= 11 is 0. The molecule has 0 amide bonds. The average molecular weight is 222 g/mol. The van der Waals surface area contributed by atoms with Crippen molar-refractivity contribution in [1.82, 2.24) is 0 Å². The molecular formula is C13H18O3. The van der Waals surface area contributed by atoms with Crippen LogP contribution in [0.3, 0.4) is 0 Å². The molecule has 3 nitrogen and oxygen atoms in total. The van der Waals surface area contributed by atoms with E-state index in [1.807, 2.05) is 30.3 Å². The van der Waals surface area contributed by atoms with Crippen molar-refractivity contribution >= 4 is 0 Å². The van der Waals surface area contributed by atoms with E-state index >= 15 is 0 Å². The summed E-state index contributed by atoms with van der Waals surface area (Å²) in [7, 11) is 3.26. The Bertz CT molecular complexity index is 305. The van der Waals surface area contributed by atoms with E-state index in [-0.39, 0.29) is 12.9 Å². The molecule has 3 heteroatoms. The van der Waals surface area contributed by atoms with Crippen LogP contribution in [-0.4, -0.2) is 21.0 Å². The summed E-state index contributed by atoms with van der Waals surface area (Å²) in [6.07, 6.45) is 2.59. The standard InChI is InChI=1S/C13H18O3/c1-4-5-13(16-10-14-2)11-6-8-12(15-3)9-7-11/h4,6-9,13H,1,5,10H2,2-3H3. The molecule has 0 spiro atoms. The van der Waals surface area contributed by atoms with Gasteiger partial charge in [-0.05, 0) is 24.1 Å². The van der Waals surface area contributed by atoms with E-state index in [2.05, 4.69) is 6.58 Å². The third kappa shape index (κ3) is 3.68. The van der Waals surface area contributed by atoms with Gasteiger partial charge >= 0.3 is 0 Å². The highest BCUT2D eigenvalue weighted by molar-refractivity contribution is 5.28. The van der Waals surface area contributed by atoms with Gasteiger partial charge in [0.25, 0.3) is 0 Å². The van der Waals surface area contributed by atoms with Crippen LogP contribution in [0.25, 0.3) is 0 Å². The fourth-order valence-electron chi connectivity index (χ4n) is 1.42. The Morgan fingerprint density at radius 1 is 1.25 bits per heavy atom. The molecule has 1 atom stereocenters. The van der Waals surface area contributed by atoms with Crippen LogP contribution >= 0.6 is 0 Å². The monoisotopic (exact) mass is 222 g/mol. The van der Waals surface area contributed by atoms with E-state index < -0.39 is 0 Å². The molecule has 0 heterocycles. The van der Waals surface area contributed by atoms with Crippen LogP contribution in [0.2, 0.25) is 0 Å². The normalized spacial score (nSPS) is 12.1. The quantitative estimate of drug-likeness (QED) is 0.524. The van der Waals surface area contributed by atoms with E-state index in [0.29, 0.717) is 0 Å². The smallest absolute Gasteiger partial charge is 0.147 e. The Morgan fingerprint density at radius 3 is 2.44 bits per heavy atom. The van der Waals surface area contributed by atoms with E-state index in [1.165, 1.54) is 0 Å². The minimum absolute atomic E-state index is 0.0108. The van der Waals surface area contributed by atoms with Gasteiger partial charge in [-0.2, -0.15) is 0 Å². The van der Waals surface area contributed by atoms with Gasteiger partial charge in [0.05, 0.1) is 13.2 Å². The first-order chi connectivity index (χ1) is 7.81. The fraction of sp³-hybridized carbons (Fsp3) is 0.385. The second-order valence-corrected chi connectivity index (χ2v) is 3.36. The van der Waals surface area contributed by atoms with Crippen LogP contribution in [0.5, 0.6) is 5.75 Å². The van der Waals surface area contributed by atoms with E-state index in [1.54, 1.807) is 14.2 Å². The minimum atomic E-state index is -0.0108. The van der Waals surface area contributed by atoms with Gasteiger partial charge in [-0.3, -0.25) is 0 Å². The molecule has 0 aliphatic heterocycles. The third-order valence-corrected chi connectivity index (χ3v) is 2.26. The molecule has 1 unspecified atom stereocenters. The summed E-state index contributed by atoms with van der Waals surface area (Å²) in [6.45, 7) is 4.00. The Kier molecular flexibility index (Phi) is 5.61. The van der Waals surface area contributed by atoms with Crippen molar-refractivity contribution in [2.45, 2.75) is 12.5 Å². The topological polar surface area (TPSA) is 27.7 Å². The van der Waals surface area contributed by atoms with Gasteiger partial charge in [-0.25, -0.2) is 0 Å². The molecule has 0 aliphatic carbocycles. The highest BCUT2D eigenvalue weighted by atomic mass is 16.7. The lowest BCUT2D eigenvalue weighted by molar-refractivity contribution is -0.0720. The number of rotatable bonds is 7. The van der Waals surface area contributed by atoms with Gasteiger partial charge in [0.2, 0.25) is 0 Å². The van der Waals surface area contributed by atoms with Gasteiger partial charge in [0.1, 0.15) is 12.5 Å². The van der Waals surface area contributed by atoms with Crippen LogP contribution in [0.4, 0.5) is 0 Å². The molecular weight excluding hydrogens is 204 g/mol. The lowest BCUT2D eigenvalue weighted by atomic mass is 10.1. The maximum absolute atomic E-state index is 5.56. The summed E-state index contributed by atoms with van der Waals surface area (Å²) in [5.41, 5.74) is 1.10. The first-order valence-corrected chi connectivity index (χ1v) is 5.17. The lowest BCUT2D eigenvalue weighted by Crippen LogP contribution is -2.06. The third-order valence-electron chi connectivity index (χ3n) is 2.26. The Morgan fingerprint density at radius 2 is 1.94 bits per heavy atom. The molecule has 0 radical (unpaired) electrons. The fourth-order valence-corrected chi connectivity index (χ4v) is 1.42. The number of ether oxygens (including phenoxy) is 3.